The molecule has 1 atom stereocenters. The van der Waals surface area contributed by atoms with Gasteiger partial charge in [0.1, 0.15) is 6.04 Å². The van der Waals surface area contributed by atoms with Crippen molar-refractivity contribution in [3.63, 3.8) is 0 Å². The molecule has 0 radical (unpaired) electrons. The van der Waals surface area contributed by atoms with Crippen LogP contribution in [0.2, 0.25) is 0 Å². The summed E-state index contributed by atoms with van der Waals surface area (Å²) < 4.78 is 30.7. The smallest absolute Gasteiger partial charge is 0.322 e. The van der Waals surface area contributed by atoms with Crippen molar-refractivity contribution in [1.82, 2.24) is 4.31 Å². The van der Waals surface area contributed by atoms with E-state index < -0.39 is 22.0 Å². The predicted molar refractivity (Wildman–Crippen MR) is 77.2 cm³/mol. The van der Waals surface area contributed by atoms with Crippen molar-refractivity contribution in [2.24, 2.45) is 0 Å². The Bertz CT molecular complexity index is 572. The minimum absolute atomic E-state index is 0.0556. The molecular weight excluding hydrogens is 294 g/mol. The summed E-state index contributed by atoms with van der Waals surface area (Å²) in [5.74, 6) is -1.27. The summed E-state index contributed by atoms with van der Waals surface area (Å²) in [6.45, 7) is 0.677. The van der Waals surface area contributed by atoms with Crippen LogP contribution in [0.5, 0.6) is 0 Å². The molecule has 1 aromatic carbocycles. The Morgan fingerprint density at radius 1 is 1.33 bits per heavy atom. The molecule has 1 aliphatic heterocycles. The van der Waals surface area contributed by atoms with Crippen LogP contribution in [0, 0.1) is 0 Å². The highest BCUT2D eigenvalue weighted by molar-refractivity contribution is 7.89. The van der Waals surface area contributed by atoms with Crippen molar-refractivity contribution >= 4 is 16.0 Å². The maximum atomic E-state index is 12.1. The Hall–Kier alpha value is -1.44. The number of nitrogens with zero attached hydrogens (tertiary/aromatic N) is 1. The largest absolute Gasteiger partial charge is 0.480 e. The second-order valence-electron chi connectivity index (χ2n) is 4.96. The van der Waals surface area contributed by atoms with Crippen molar-refractivity contribution in [2.75, 3.05) is 18.9 Å². The maximum absolute atomic E-state index is 12.1. The van der Waals surface area contributed by atoms with Gasteiger partial charge >= 0.3 is 5.97 Å². The highest BCUT2D eigenvalue weighted by atomic mass is 32.2. The second-order valence-corrected chi connectivity index (χ2v) is 7.00. The fourth-order valence-corrected chi connectivity index (χ4v) is 3.92. The molecular formula is C14H19NO5S. The van der Waals surface area contributed by atoms with Crippen LogP contribution < -0.4 is 0 Å². The first-order valence-corrected chi connectivity index (χ1v) is 8.45. The van der Waals surface area contributed by atoms with Crippen LogP contribution in [-0.2, 0) is 26.2 Å². The average molecular weight is 313 g/mol. The van der Waals surface area contributed by atoms with E-state index in [9.17, 15) is 13.2 Å². The topological polar surface area (TPSA) is 83.9 Å². The first-order chi connectivity index (χ1) is 10.0. The minimum Gasteiger partial charge on any atom is -0.480 e. The number of hydrogen-bond acceptors (Lipinski definition) is 4. The second kappa shape index (κ2) is 7.02. The highest BCUT2D eigenvalue weighted by Gasteiger charge is 2.38. The fourth-order valence-electron chi connectivity index (χ4n) is 2.37. The Kier molecular flexibility index (Phi) is 5.33. The Morgan fingerprint density at radius 2 is 2.05 bits per heavy atom. The number of rotatable bonds is 7. The first kappa shape index (κ1) is 15.9. The summed E-state index contributed by atoms with van der Waals surface area (Å²) >= 11 is 0. The van der Waals surface area contributed by atoms with Crippen LogP contribution in [0.15, 0.2) is 30.3 Å². The van der Waals surface area contributed by atoms with Crippen LogP contribution in [0.25, 0.3) is 0 Å². The zero-order chi connectivity index (χ0) is 15.3. The van der Waals surface area contributed by atoms with E-state index in [1.807, 2.05) is 30.3 Å². The van der Waals surface area contributed by atoms with Crippen molar-refractivity contribution in [1.29, 1.82) is 0 Å². The number of carboxylic acid groups (broad SMARTS) is 1. The number of carbonyl (C=O) groups is 1. The molecule has 1 aromatic rings. The van der Waals surface area contributed by atoms with Crippen molar-refractivity contribution in [3.05, 3.63) is 35.9 Å². The SMILES string of the molecule is O=C(O)C1CCCN1S(=O)(=O)CCOCc1ccccc1. The highest BCUT2D eigenvalue weighted by Crippen LogP contribution is 2.21. The standard InChI is InChI=1S/C14H19NO5S/c16-14(17)13-7-4-8-15(13)21(18,19)10-9-20-11-12-5-2-1-3-6-12/h1-3,5-6,13H,4,7-11H2,(H,16,17). The summed E-state index contributed by atoms with van der Waals surface area (Å²) in [5, 5.41) is 9.03. The summed E-state index contributed by atoms with van der Waals surface area (Å²) in [4.78, 5) is 11.0. The third-order valence-electron chi connectivity index (χ3n) is 3.44. The number of benzene rings is 1. The van der Waals surface area contributed by atoms with E-state index in [-0.39, 0.29) is 18.9 Å². The van der Waals surface area contributed by atoms with Crippen LogP contribution in [-0.4, -0.2) is 48.7 Å². The number of hydrogen-bond donors (Lipinski definition) is 1. The lowest BCUT2D eigenvalue weighted by Gasteiger charge is -2.20. The Morgan fingerprint density at radius 3 is 2.71 bits per heavy atom. The van der Waals surface area contributed by atoms with Crippen molar-refractivity contribution < 1.29 is 23.1 Å². The number of ether oxygens (including phenoxy) is 1. The third kappa shape index (κ3) is 4.26. The van der Waals surface area contributed by atoms with Gasteiger partial charge in [-0.2, -0.15) is 4.31 Å². The third-order valence-corrected chi connectivity index (χ3v) is 5.28. The van der Waals surface area contributed by atoms with E-state index in [2.05, 4.69) is 0 Å². The van der Waals surface area contributed by atoms with Gasteiger partial charge < -0.3 is 9.84 Å². The van der Waals surface area contributed by atoms with Gasteiger partial charge in [-0.25, -0.2) is 8.42 Å². The van der Waals surface area contributed by atoms with Crippen LogP contribution in [0.1, 0.15) is 18.4 Å². The molecule has 116 valence electrons. The molecule has 21 heavy (non-hydrogen) atoms. The quantitative estimate of drug-likeness (QED) is 0.762. The van der Waals surface area contributed by atoms with Gasteiger partial charge in [-0.3, -0.25) is 4.79 Å². The van der Waals surface area contributed by atoms with Gasteiger partial charge in [0.2, 0.25) is 10.0 Å². The molecule has 1 heterocycles. The van der Waals surface area contributed by atoms with Crippen molar-refractivity contribution in [3.8, 4) is 0 Å². The first-order valence-electron chi connectivity index (χ1n) is 6.85. The molecule has 1 N–H and O–H groups in total. The van der Waals surface area contributed by atoms with E-state index in [4.69, 9.17) is 9.84 Å². The molecule has 1 unspecified atom stereocenters. The average Bonchev–Trinajstić information content (AvgIpc) is 2.95. The van der Waals surface area contributed by atoms with Gasteiger partial charge in [0.15, 0.2) is 0 Å². The molecule has 0 aliphatic carbocycles. The van der Waals surface area contributed by atoms with Crippen LogP contribution in [0.3, 0.4) is 0 Å². The maximum Gasteiger partial charge on any atom is 0.322 e. The van der Waals surface area contributed by atoms with E-state index in [0.717, 1.165) is 9.87 Å². The molecule has 0 aromatic heterocycles. The number of carboxylic acids is 1. The molecule has 1 fully saturated rings. The van der Waals surface area contributed by atoms with E-state index in [0.29, 0.717) is 19.4 Å². The van der Waals surface area contributed by atoms with Crippen LogP contribution in [0.4, 0.5) is 0 Å². The summed E-state index contributed by atoms with van der Waals surface area (Å²) in [7, 11) is -3.58. The number of sulfonamides is 1. The van der Waals surface area contributed by atoms with Gasteiger partial charge in [0, 0.05) is 6.54 Å². The van der Waals surface area contributed by atoms with Gasteiger partial charge in [-0.15, -0.1) is 0 Å². The normalized spacial score (nSPS) is 19.7. The van der Waals surface area contributed by atoms with E-state index >= 15 is 0 Å². The van der Waals surface area contributed by atoms with Gasteiger partial charge in [-0.1, -0.05) is 30.3 Å². The summed E-state index contributed by atoms with van der Waals surface area (Å²) in [5.41, 5.74) is 0.972. The van der Waals surface area contributed by atoms with E-state index in [1.54, 1.807) is 0 Å². The van der Waals surface area contributed by atoms with Crippen molar-refractivity contribution in [2.45, 2.75) is 25.5 Å². The predicted octanol–water partition coefficient (Wildman–Crippen LogP) is 1.08. The molecule has 0 amide bonds. The summed E-state index contributed by atoms with van der Waals surface area (Å²) in [6.07, 6.45) is 0.959. The van der Waals surface area contributed by atoms with Gasteiger partial charge in [0.25, 0.3) is 0 Å². The Balaban J connectivity index is 1.83. The van der Waals surface area contributed by atoms with Gasteiger partial charge in [0.05, 0.1) is 19.0 Å². The monoisotopic (exact) mass is 313 g/mol. The lowest BCUT2D eigenvalue weighted by atomic mass is 10.2. The molecule has 0 saturated carbocycles. The molecule has 1 saturated heterocycles. The van der Waals surface area contributed by atoms with E-state index in [1.165, 1.54) is 0 Å². The zero-order valence-electron chi connectivity index (χ0n) is 11.6. The molecule has 2 rings (SSSR count). The molecule has 1 aliphatic rings. The zero-order valence-corrected chi connectivity index (χ0v) is 12.5. The Labute approximate surface area is 124 Å². The lowest BCUT2D eigenvalue weighted by molar-refractivity contribution is -0.140. The molecule has 0 bridgehead atoms. The summed E-state index contributed by atoms with van der Waals surface area (Å²) in [6, 6.07) is 8.54. The lowest BCUT2D eigenvalue weighted by Crippen LogP contribution is -2.42. The van der Waals surface area contributed by atoms with Crippen LogP contribution >= 0.6 is 0 Å². The fraction of sp³-hybridized carbons (Fsp3) is 0.500. The van der Waals surface area contributed by atoms with Gasteiger partial charge in [-0.05, 0) is 18.4 Å². The molecule has 0 spiro atoms. The number of aliphatic carboxylic acids is 1. The molecule has 7 heteroatoms. The molecule has 6 nitrogen and oxygen atoms in total. The minimum atomic E-state index is -3.58.